The van der Waals surface area contributed by atoms with Gasteiger partial charge >= 0.3 is 0 Å². The molecule has 0 spiro atoms. The molecule has 3 nitrogen and oxygen atoms in total. The number of amides is 1. The Morgan fingerprint density at radius 1 is 1.47 bits per heavy atom. The monoisotopic (exact) mass is 261 g/mol. The van der Waals surface area contributed by atoms with Crippen molar-refractivity contribution in [3.05, 3.63) is 35.4 Å². The number of aliphatic hydroxyl groups is 1. The van der Waals surface area contributed by atoms with Gasteiger partial charge in [-0.25, -0.2) is 0 Å². The van der Waals surface area contributed by atoms with Gasteiger partial charge in [-0.1, -0.05) is 36.8 Å². The van der Waals surface area contributed by atoms with Gasteiger partial charge in [0, 0.05) is 19.5 Å². The van der Waals surface area contributed by atoms with Gasteiger partial charge in [0.1, 0.15) is 0 Å². The number of benzene rings is 1. The molecule has 0 radical (unpaired) electrons. The lowest BCUT2D eigenvalue weighted by atomic mass is 9.96. The molecule has 1 amide bonds. The van der Waals surface area contributed by atoms with E-state index in [2.05, 4.69) is 25.1 Å². The van der Waals surface area contributed by atoms with E-state index in [4.69, 9.17) is 0 Å². The highest BCUT2D eigenvalue weighted by molar-refractivity contribution is 5.76. The maximum atomic E-state index is 12.2. The number of hydrogen-bond donors (Lipinski definition) is 1. The Hall–Kier alpha value is -1.35. The van der Waals surface area contributed by atoms with Crippen LogP contribution in [0.15, 0.2) is 24.3 Å². The number of rotatable bonds is 3. The zero-order chi connectivity index (χ0) is 13.8. The molecule has 1 heterocycles. The number of nitrogens with zero attached hydrogens (tertiary/aromatic N) is 1. The molecule has 1 fully saturated rings. The van der Waals surface area contributed by atoms with E-state index < -0.39 is 0 Å². The Morgan fingerprint density at radius 2 is 2.26 bits per heavy atom. The van der Waals surface area contributed by atoms with Crippen molar-refractivity contribution in [3.63, 3.8) is 0 Å². The van der Waals surface area contributed by atoms with Crippen LogP contribution in [-0.2, 0) is 11.2 Å². The van der Waals surface area contributed by atoms with E-state index in [9.17, 15) is 9.90 Å². The predicted octanol–water partition coefficient (Wildman–Crippen LogP) is 2.16. The van der Waals surface area contributed by atoms with Gasteiger partial charge < -0.3 is 10.0 Å². The van der Waals surface area contributed by atoms with Crippen LogP contribution in [0.4, 0.5) is 0 Å². The predicted molar refractivity (Wildman–Crippen MR) is 75.9 cm³/mol. The third-order valence-corrected chi connectivity index (χ3v) is 3.92. The second-order valence-corrected chi connectivity index (χ2v) is 5.66. The topological polar surface area (TPSA) is 40.5 Å². The number of carbonyl (C=O) groups excluding carboxylic acids is 1. The zero-order valence-electron chi connectivity index (χ0n) is 11.8. The standard InChI is InChI=1S/C16H23NO2/c1-12-4-3-5-14(10-12)6-7-16(19)17-9-8-15(18)13(2)11-17/h3-5,10,13,15,18H,6-9,11H2,1-2H3. The molecule has 1 aliphatic rings. The van der Waals surface area contributed by atoms with Crippen molar-refractivity contribution in [1.82, 2.24) is 4.90 Å². The van der Waals surface area contributed by atoms with Gasteiger partial charge in [0.2, 0.25) is 5.91 Å². The van der Waals surface area contributed by atoms with Gasteiger partial charge in [-0.15, -0.1) is 0 Å². The number of piperidine rings is 1. The van der Waals surface area contributed by atoms with Gasteiger partial charge in [-0.05, 0) is 31.2 Å². The fourth-order valence-electron chi connectivity index (χ4n) is 2.64. The molecule has 2 unspecified atom stereocenters. The first-order valence-electron chi connectivity index (χ1n) is 7.07. The highest BCUT2D eigenvalue weighted by Gasteiger charge is 2.26. The Labute approximate surface area is 115 Å². The van der Waals surface area contributed by atoms with Crippen molar-refractivity contribution in [2.75, 3.05) is 13.1 Å². The Balaban J connectivity index is 1.84. The molecule has 0 aromatic heterocycles. The number of likely N-dealkylation sites (tertiary alicyclic amines) is 1. The lowest BCUT2D eigenvalue weighted by molar-refractivity contribution is -0.134. The second kappa shape index (κ2) is 6.20. The fraction of sp³-hybridized carbons (Fsp3) is 0.562. The normalized spacial score (nSPS) is 23.4. The summed E-state index contributed by atoms with van der Waals surface area (Å²) in [4.78, 5) is 14.0. The summed E-state index contributed by atoms with van der Waals surface area (Å²) in [7, 11) is 0. The molecule has 19 heavy (non-hydrogen) atoms. The quantitative estimate of drug-likeness (QED) is 0.905. The summed E-state index contributed by atoms with van der Waals surface area (Å²) < 4.78 is 0. The molecule has 0 bridgehead atoms. The van der Waals surface area contributed by atoms with Crippen LogP contribution in [0.25, 0.3) is 0 Å². The minimum Gasteiger partial charge on any atom is -0.393 e. The molecule has 1 N–H and O–H groups in total. The maximum Gasteiger partial charge on any atom is 0.222 e. The Morgan fingerprint density at radius 3 is 2.95 bits per heavy atom. The Bertz CT molecular complexity index is 444. The van der Waals surface area contributed by atoms with Gasteiger partial charge in [0.15, 0.2) is 0 Å². The van der Waals surface area contributed by atoms with Crippen molar-refractivity contribution in [2.45, 2.75) is 39.2 Å². The minimum absolute atomic E-state index is 0.191. The zero-order valence-corrected chi connectivity index (χ0v) is 11.8. The minimum atomic E-state index is -0.249. The van der Waals surface area contributed by atoms with E-state index >= 15 is 0 Å². The van der Waals surface area contributed by atoms with Crippen molar-refractivity contribution in [1.29, 1.82) is 0 Å². The summed E-state index contributed by atoms with van der Waals surface area (Å²) in [5.41, 5.74) is 2.46. The molecular weight excluding hydrogens is 238 g/mol. The lowest BCUT2D eigenvalue weighted by Crippen LogP contribution is -2.45. The van der Waals surface area contributed by atoms with E-state index in [1.165, 1.54) is 11.1 Å². The van der Waals surface area contributed by atoms with Crippen molar-refractivity contribution < 1.29 is 9.90 Å². The molecule has 1 aromatic carbocycles. The molecule has 2 atom stereocenters. The largest absolute Gasteiger partial charge is 0.393 e. The summed E-state index contributed by atoms with van der Waals surface area (Å²) in [6, 6.07) is 8.31. The first-order chi connectivity index (χ1) is 9.06. The van der Waals surface area contributed by atoms with E-state index in [1.807, 2.05) is 17.9 Å². The van der Waals surface area contributed by atoms with Crippen molar-refractivity contribution in [2.24, 2.45) is 5.92 Å². The van der Waals surface area contributed by atoms with Gasteiger partial charge in [-0.3, -0.25) is 4.79 Å². The molecule has 2 rings (SSSR count). The third-order valence-electron chi connectivity index (χ3n) is 3.92. The van der Waals surface area contributed by atoms with Crippen LogP contribution in [0.3, 0.4) is 0 Å². The number of hydrogen-bond acceptors (Lipinski definition) is 2. The van der Waals surface area contributed by atoms with E-state index in [0.29, 0.717) is 25.9 Å². The molecule has 1 aliphatic heterocycles. The first kappa shape index (κ1) is 14.1. The summed E-state index contributed by atoms with van der Waals surface area (Å²) in [6.07, 6.45) is 1.82. The van der Waals surface area contributed by atoms with Gasteiger partial charge in [0.25, 0.3) is 0 Å². The highest BCUT2D eigenvalue weighted by atomic mass is 16.3. The third kappa shape index (κ3) is 3.80. The van der Waals surface area contributed by atoms with Gasteiger partial charge in [-0.2, -0.15) is 0 Å². The second-order valence-electron chi connectivity index (χ2n) is 5.66. The van der Waals surface area contributed by atoms with Crippen LogP contribution in [0.1, 0.15) is 30.9 Å². The Kier molecular flexibility index (Phi) is 4.59. The van der Waals surface area contributed by atoms with E-state index in [-0.39, 0.29) is 17.9 Å². The van der Waals surface area contributed by atoms with Crippen molar-refractivity contribution in [3.8, 4) is 0 Å². The molecular formula is C16H23NO2. The van der Waals surface area contributed by atoms with Crippen LogP contribution in [0.5, 0.6) is 0 Å². The van der Waals surface area contributed by atoms with Crippen LogP contribution in [-0.4, -0.2) is 35.1 Å². The molecule has 104 valence electrons. The fourth-order valence-corrected chi connectivity index (χ4v) is 2.64. The molecule has 0 saturated carbocycles. The smallest absolute Gasteiger partial charge is 0.222 e. The van der Waals surface area contributed by atoms with E-state index in [1.54, 1.807) is 0 Å². The SMILES string of the molecule is Cc1cccc(CCC(=O)N2CCC(O)C(C)C2)c1. The molecule has 1 saturated heterocycles. The lowest BCUT2D eigenvalue weighted by Gasteiger charge is -2.34. The maximum absolute atomic E-state index is 12.2. The first-order valence-corrected chi connectivity index (χ1v) is 7.07. The van der Waals surface area contributed by atoms with Crippen LogP contribution >= 0.6 is 0 Å². The average Bonchev–Trinajstić information content (AvgIpc) is 2.39. The van der Waals surface area contributed by atoms with Crippen LogP contribution < -0.4 is 0 Å². The van der Waals surface area contributed by atoms with Crippen molar-refractivity contribution >= 4 is 5.91 Å². The summed E-state index contributed by atoms with van der Waals surface area (Å²) in [5, 5.41) is 9.68. The summed E-state index contributed by atoms with van der Waals surface area (Å²) in [6.45, 7) is 5.45. The number of aliphatic hydroxyl groups excluding tert-OH is 1. The number of carbonyl (C=O) groups is 1. The highest BCUT2D eigenvalue weighted by Crippen LogP contribution is 2.18. The summed E-state index contributed by atoms with van der Waals surface area (Å²) in [5.74, 6) is 0.400. The molecule has 0 aliphatic carbocycles. The van der Waals surface area contributed by atoms with Crippen LogP contribution in [0, 0.1) is 12.8 Å². The van der Waals surface area contributed by atoms with Gasteiger partial charge in [0.05, 0.1) is 6.10 Å². The average molecular weight is 261 g/mol. The molecule has 1 aromatic rings. The van der Waals surface area contributed by atoms with E-state index in [0.717, 1.165) is 6.42 Å². The summed E-state index contributed by atoms with van der Waals surface area (Å²) >= 11 is 0. The molecule has 3 heteroatoms. The van der Waals surface area contributed by atoms with Crippen LogP contribution in [0.2, 0.25) is 0 Å². The number of aryl methyl sites for hydroxylation is 2.